The highest BCUT2D eigenvalue weighted by Gasteiger charge is 2.31. The summed E-state index contributed by atoms with van der Waals surface area (Å²) in [5.41, 5.74) is 0. The van der Waals surface area contributed by atoms with Gasteiger partial charge in [-0.1, -0.05) is 7.77 Å². The fourth-order valence-corrected chi connectivity index (χ4v) is 0.957. The van der Waals surface area contributed by atoms with Crippen molar-refractivity contribution in [2.45, 2.75) is 0 Å². The Balaban J connectivity index is 4.94. The summed E-state index contributed by atoms with van der Waals surface area (Å²) in [5.74, 6) is 0. The summed E-state index contributed by atoms with van der Waals surface area (Å²) >= 11 is 0.462. The number of halogens is 3. The Labute approximate surface area is 70.2 Å². The van der Waals surface area contributed by atoms with E-state index in [9.17, 15) is 24.6 Å². The van der Waals surface area contributed by atoms with Crippen LogP contribution in [0.4, 0.5) is 7.77 Å². The molecule has 5 nitrogen and oxygen atoms in total. The smallest absolute Gasteiger partial charge is 0.175 e. The minimum atomic E-state index is -5.50. The summed E-state index contributed by atoms with van der Waals surface area (Å²) in [6.45, 7) is 0. The standard InChI is InChI=1S/F2INO4S2/c1-9(5,6)4(3)10(2,7)8. The second-order valence-electron chi connectivity index (χ2n) is 1.04. The molecule has 0 fully saturated rings. The van der Waals surface area contributed by atoms with Crippen molar-refractivity contribution in [2.24, 2.45) is 0 Å². The van der Waals surface area contributed by atoms with Gasteiger partial charge in [-0.05, 0) is 0 Å². The van der Waals surface area contributed by atoms with Crippen molar-refractivity contribution in [2.75, 3.05) is 0 Å². The number of hydrogen-bond donors (Lipinski definition) is 0. The second kappa shape index (κ2) is 2.83. The molecule has 0 atom stereocenters. The summed E-state index contributed by atoms with van der Waals surface area (Å²) in [7, 11) is -11.0. The molecule has 0 unspecified atom stereocenters. The number of nitrogens with zero attached hydrogens (tertiary/aromatic N) is 1. The van der Waals surface area contributed by atoms with E-state index in [0.29, 0.717) is 22.9 Å². The average molecular weight is 307 g/mol. The van der Waals surface area contributed by atoms with Crippen molar-refractivity contribution in [1.82, 2.24) is 1.92 Å². The van der Waals surface area contributed by atoms with E-state index in [0.717, 1.165) is 0 Å². The van der Waals surface area contributed by atoms with Crippen LogP contribution in [-0.2, 0) is 20.8 Å². The molecule has 10 heavy (non-hydrogen) atoms. The predicted octanol–water partition coefficient (Wildman–Crippen LogP) is 0.0670. The lowest BCUT2D eigenvalue weighted by Gasteiger charge is -1.99. The molecule has 0 saturated carbocycles. The van der Waals surface area contributed by atoms with Gasteiger partial charge in [0, 0.05) is 1.92 Å². The van der Waals surface area contributed by atoms with E-state index in [4.69, 9.17) is 0 Å². The monoisotopic (exact) mass is 307 g/mol. The van der Waals surface area contributed by atoms with Crippen LogP contribution in [-0.4, -0.2) is 18.8 Å². The van der Waals surface area contributed by atoms with Crippen molar-refractivity contribution < 1.29 is 24.6 Å². The van der Waals surface area contributed by atoms with E-state index in [1.165, 1.54) is 0 Å². The van der Waals surface area contributed by atoms with Gasteiger partial charge in [-0.25, -0.2) is 0 Å². The molecule has 10 heteroatoms. The van der Waals surface area contributed by atoms with Gasteiger partial charge >= 0.3 is 20.8 Å². The molecule has 0 aliphatic rings. The highest BCUT2D eigenvalue weighted by atomic mass is 127. The molecule has 0 saturated heterocycles. The molecular formula is F2INO4S2. The van der Waals surface area contributed by atoms with Crippen molar-refractivity contribution >= 4 is 43.7 Å². The van der Waals surface area contributed by atoms with E-state index in [1.807, 2.05) is 0 Å². The second-order valence-corrected chi connectivity index (χ2v) is 5.92. The quantitative estimate of drug-likeness (QED) is 0.411. The molecule has 0 aliphatic carbocycles. The zero-order chi connectivity index (χ0) is 8.58. The lowest BCUT2D eigenvalue weighted by Crippen LogP contribution is -2.20. The maximum absolute atomic E-state index is 11.5. The molecule has 0 aliphatic heterocycles. The van der Waals surface area contributed by atoms with Crippen LogP contribution < -0.4 is 0 Å². The zero-order valence-corrected chi connectivity index (χ0v) is 7.82. The van der Waals surface area contributed by atoms with Crippen LogP contribution in [0, 0.1) is 0 Å². The minimum Gasteiger partial charge on any atom is -0.175 e. The molecule has 0 N–H and O–H groups in total. The van der Waals surface area contributed by atoms with E-state index >= 15 is 0 Å². The Kier molecular flexibility index (Phi) is 2.95. The molecule has 0 amide bonds. The zero-order valence-electron chi connectivity index (χ0n) is 4.03. The summed E-state index contributed by atoms with van der Waals surface area (Å²) in [6, 6.07) is 0. The molecule has 0 aromatic carbocycles. The van der Waals surface area contributed by atoms with Crippen LogP contribution in [0.5, 0.6) is 0 Å². The molecule has 0 rings (SSSR count). The molecule has 0 spiro atoms. The van der Waals surface area contributed by atoms with Gasteiger partial charge in [0.25, 0.3) is 0 Å². The maximum Gasteiger partial charge on any atom is 0.399 e. The topological polar surface area (TPSA) is 71.5 Å². The lowest BCUT2D eigenvalue weighted by atomic mass is 13.9. The Morgan fingerprint density at radius 3 is 1.20 bits per heavy atom. The van der Waals surface area contributed by atoms with Crippen LogP contribution in [0.3, 0.4) is 0 Å². The van der Waals surface area contributed by atoms with Gasteiger partial charge in [0.05, 0.1) is 22.9 Å². The first-order valence-electron chi connectivity index (χ1n) is 1.51. The fraction of sp³-hybridized carbons (Fsp3) is 0. The predicted molar refractivity (Wildman–Crippen MR) is 35.9 cm³/mol. The first kappa shape index (κ1) is 10.4. The molecule has 0 radical (unpaired) electrons. The summed E-state index contributed by atoms with van der Waals surface area (Å²) in [5, 5.41) is 0. The summed E-state index contributed by atoms with van der Waals surface area (Å²) < 4.78 is 60.5. The Morgan fingerprint density at radius 2 is 1.20 bits per heavy atom. The highest BCUT2D eigenvalue weighted by molar-refractivity contribution is 14.1. The third kappa shape index (κ3) is 3.03. The summed E-state index contributed by atoms with van der Waals surface area (Å²) in [4.78, 5) is 0. The largest absolute Gasteiger partial charge is 0.399 e. The fourth-order valence-electron chi connectivity index (χ4n) is 0.106. The van der Waals surface area contributed by atoms with Crippen molar-refractivity contribution in [3.8, 4) is 0 Å². The summed E-state index contributed by atoms with van der Waals surface area (Å²) in [6.07, 6.45) is 0. The number of hydrogen-bond acceptors (Lipinski definition) is 4. The van der Waals surface area contributed by atoms with Gasteiger partial charge in [-0.3, -0.25) is 0 Å². The van der Waals surface area contributed by atoms with Crippen molar-refractivity contribution in [1.29, 1.82) is 0 Å². The van der Waals surface area contributed by atoms with Crippen LogP contribution in [0.1, 0.15) is 0 Å². The highest BCUT2D eigenvalue weighted by Crippen LogP contribution is 2.16. The normalized spacial score (nSPS) is 14.0. The maximum atomic E-state index is 11.5. The first-order valence-corrected chi connectivity index (χ1v) is 5.16. The third-order valence-electron chi connectivity index (χ3n) is 0.343. The van der Waals surface area contributed by atoms with Crippen LogP contribution in [0.15, 0.2) is 0 Å². The molecular weight excluding hydrogens is 307 g/mol. The molecule has 0 heterocycles. The minimum absolute atomic E-state index is 0.462. The van der Waals surface area contributed by atoms with Crippen molar-refractivity contribution in [3.63, 3.8) is 0 Å². The van der Waals surface area contributed by atoms with Gasteiger partial charge in [-0.15, -0.1) is 0 Å². The van der Waals surface area contributed by atoms with Gasteiger partial charge < -0.3 is 0 Å². The Bertz CT molecular complexity index is 270. The van der Waals surface area contributed by atoms with Gasteiger partial charge in [0.2, 0.25) is 0 Å². The van der Waals surface area contributed by atoms with Crippen LogP contribution in [0.25, 0.3) is 0 Å². The SMILES string of the molecule is O=S(=O)(F)N(I)S(=O)(=O)F. The lowest BCUT2D eigenvalue weighted by molar-refractivity contribution is 0.507. The van der Waals surface area contributed by atoms with Crippen LogP contribution in [0.2, 0.25) is 0 Å². The molecule has 0 bridgehead atoms. The molecule has 0 aromatic heterocycles. The van der Waals surface area contributed by atoms with E-state index in [2.05, 4.69) is 0 Å². The van der Waals surface area contributed by atoms with Gasteiger partial charge in [0.15, 0.2) is 0 Å². The average Bonchev–Trinajstić information content (AvgIpc) is 1.59. The molecule has 0 aromatic rings. The number of rotatable bonds is 2. The first-order chi connectivity index (χ1) is 4.15. The van der Waals surface area contributed by atoms with Crippen LogP contribution >= 0.6 is 22.9 Å². The molecule has 62 valence electrons. The van der Waals surface area contributed by atoms with E-state index < -0.39 is 22.7 Å². The van der Waals surface area contributed by atoms with E-state index in [1.54, 1.807) is 0 Å². The Hall–Kier alpha value is 0.450. The van der Waals surface area contributed by atoms with Gasteiger partial charge in [0.1, 0.15) is 0 Å². The Morgan fingerprint density at radius 1 is 1.00 bits per heavy atom. The third-order valence-corrected chi connectivity index (χ3v) is 4.92. The van der Waals surface area contributed by atoms with Gasteiger partial charge in [-0.2, -0.15) is 16.8 Å². The van der Waals surface area contributed by atoms with Crippen molar-refractivity contribution in [3.05, 3.63) is 0 Å². The van der Waals surface area contributed by atoms with E-state index in [-0.39, 0.29) is 0 Å².